The molecule has 18 heavy (non-hydrogen) atoms. The molecule has 0 aliphatic carbocycles. The fourth-order valence-electron chi connectivity index (χ4n) is 1.98. The van der Waals surface area contributed by atoms with Crippen molar-refractivity contribution < 1.29 is 9.72 Å². The first-order chi connectivity index (χ1) is 8.49. The van der Waals surface area contributed by atoms with Gasteiger partial charge in [0, 0.05) is 29.8 Å². The average molecular weight is 315 g/mol. The van der Waals surface area contributed by atoms with Crippen LogP contribution in [0.2, 0.25) is 0 Å². The monoisotopic (exact) mass is 314 g/mol. The van der Waals surface area contributed by atoms with E-state index in [1.54, 1.807) is 4.90 Å². The van der Waals surface area contributed by atoms with Crippen LogP contribution in [-0.2, 0) is 4.79 Å². The molecule has 0 radical (unpaired) electrons. The van der Waals surface area contributed by atoms with Gasteiger partial charge < -0.3 is 10.6 Å². The van der Waals surface area contributed by atoms with Gasteiger partial charge in [-0.25, -0.2) is 4.98 Å². The summed E-state index contributed by atoms with van der Waals surface area (Å²) in [5, 5.41) is 11.0. The molecular weight excluding hydrogens is 304 g/mol. The van der Waals surface area contributed by atoms with E-state index < -0.39 is 4.92 Å². The van der Waals surface area contributed by atoms with Gasteiger partial charge in [-0.3, -0.25) is 14.9 Å². The Bertz CT molecular complexity index is 508. The van der Waals surface area contributed by atoms with Crippen LogP contribution >= 0.6 is 15.9 Å². The van der Waals surface area contributed by atoms with Gasteiger partial charge in [0.2, 0.25) is 11.7 Å². The van der Waals surface area contributed by atoms with Crippen LogP contribution < -0.4 is 10.6 Å². The number of amides is 1. The number of nitrogens with zero attached hydrogens (tertiary/aromatic N) is 3. The molecule has 1 aliphatic heterocycles. The molecule has 2 heterocycles. The maximum absolute atomic E-state index is 11.1. The molecule has 1 unspecified atom stereocenters. The summed E-state index contributed by atoms with van der Waals surface area (Å²) in [4.78, 5) is 27.4. The molecule has 1 amide bonds. The number of carbonyl (C=O) groups is 1. The van der Waals surface area contributed by atoms with Crippen molar-refractivity contribution in [2.45, 2.75) is 6.42 Å². The van der Waals surface area contributed by atoms with E-state index in [0.717, 1.165) is 0 Å². The van der Waals surface area contributed by atoms with Gasteiger partial charge in [0.05, 0.1) is 10.8 Å². The van der Waals surface area contributed by atoms with E-state index >= 15 is 0 Å². The molecule has 0 bridgehead atoms. The van der Waals surface area contributed by atoms with Crippen LogP contribution in [0.4, 0.5) is 11.5 Å². The van der Waals surface area contributed by atoms with Gasteiger partial charge in [-0.15, -0.1) is 0 Å². The van der Waals surface area contributed by atoms with E-state index in [2.05, 4.69) is 20.9 Å². The fraction of sp³-hybridized carbons (Fsp3) is 0.400. The summed E-state index contributed by atoms with van der Waals surface area (Å²) in [6.45, 7) is 0.924. The zero-order chi connectivity index (χ0) is 13.3. The normalized spacial score (nSPS) is 18.9. The van der Waals surface area contributed by atoms with Crippen molar-refractivity contribution in [3.05, 3.63) is 26.9 Å². The number of aromatic nitrogens is 1. The SMILES string of the molecule is NC(=O)C1CCN(c2ncc(Br)cc2[N+](=O)[O-])C1. The highest BCUT2D eigenvalue weighted by atomic mass is 79.9. The number of anilines is 1. The second kappa shape index (κ2) is 4.89. The lowest BCUT2D eigenvalue weighted by atomic mass is 10.1. The minimum Gasteiger partial charge on any atom is -0.369 e. The van der Waals surface area contributed by atoms with Gasteiger partial charge in [0.15, 0.2) is 0 Å². The summed E-state index contributed by atoms with van der Waals surface area (Å²) >= 11 is 3.15. The predicted molar refractivity (Wildman–Crippen MR) is 68.1 cm³/mol. The van der Waals surface area contributed by atoms with E-state index in [1.165, 1.54) is 12.3 Å². The molecule has 1 saturated heterocycles. The lowest BCUT2D eigenvalue weighted by Gasteiger charge is -2.16. The minimum atomic E-state index is -0.481. The van der Waals surface area contributed by atoms with Crippen molar-refractivity contribution >= 4 is 33.3 Å². The molecule has 0 spiro atoms. The Morgan fingerprint density at radius 3 is 2.94 bits per heavy atom. The number of pyridine rings is 1. The molecule has 0 saturated carbocycles. The van der Waals surface area contributed by atoms with Crippen LogP contribution in [0.5, 0.6) is 0 Å². The van der Waals surface area contributed by atoms with Crippen molar-refractivity contribution in [2.24, 2.45) is 11.7 Å². The van der Waals surface area contributed by atoms with Gasteiger partial charge in [-0.1, -0.05) is 0 Å². The Morgan fingerprint density at radius 2 is 2.39 bits per heavy atom. The predicted octanol–water partition coefficient (Wildman–Crippen LogP) is 1.06. The summed E-state index contributed by atoms with van der Waals surface area (Å²) in [5.74, 6) is -0.362. The molecule has 1 aromatic heterocycles. The van der Waals surface area contributed by atoms with Gasteiger partial charge in [0.1, 0.15) is 0 Å². The summed E-state index contributed by atoms with van der Waals surface area (Å²) in [7, 11) is 0. The zero-order valence-corrected chi connectivity index (χ0v) is 11.0. The smallest absolute Gasteiger partial charge is 0.312 e. The first kappa shape index (κ1) is 12.7. The van der Waals surface area contributed by atoms with E-state index in [9.17, 15) is 14.9 Å². The minimum absolute atomic E-state index is 0.0745. The largest absolute Gasteiger partial charge is 0.369 e. The number of carbonyl (C=O) groups excluding carboxylic acids is 1. The van der Waals surface area contributed by atoms with Gasteiger partial charge >= 0.3 is 5.69 Å². The second-order valence-electron chi connectivity index (χ2n) is 4.09. The third-order valence-electron chi connectivity index (χ3n) is 2.90. The fourth-order valence-corrected chi connectivity index (χ4v) is 2.30. The van der Waals surface area contributed by atoms with Gasteiger partial charge in [-0.2, -0.15) is 0 Å². The lowest BCUT2D eigenvalue weighted by molar-refractivity contribution is -0.384. The second-order valence-corrected chi connectivity index (χ2v) is 5.00. The third-order valence-corrected chi connectivity index (χ3v) is 3.33. The molecule has 2 N–H and O–H groups in total. The van der Waals surface area contributed by atoms with Crippen LogP contribution in [0.15, 0.2) is 16.7 Å². The summed E-state index contributed by atoms with van der Waals surface area (Å²) in [5.41, 5.74) is 5.16. The van der Waals surface area contributed by atoms with Crippen molar-refractivity contribution in [3.63, 3.8) is 0 Å². The Hall–Kier alpha value is -1.70. The molecule has 1 aromatic rings. The first-order valence-electron chi connectivity index (χ1n) is 5.33. The molecular formula is C10H11BrN4O3. The summed E-state index contributed by atoms with van der Waals surface area (Å²) < 4.78 is 0.545. The maximum atomic E-state index is 11.1. The standard InChI is InChI=1S/C10H11BrN4O3/c11-7-3-8(15(17)18)10(13-4-7)14-2-1-6(5-14)9(12)16/h3-4,6H,1-2,5H2,(H2,12,16). The molecule has 1 atom stereocenters. The van der Waals surface area contributed by atoms with Crippen molar-refractivity contribution in [2.75, 3.05) is 18.0 Å². The average Bonchev–Trinajstić information content (AvgIpc) is 2.78. The van der Waals surface area contributed by atoms with Gasteiger partial charge in [0.25, 0.3) is 0 Å². The van der Waals surface area contributed by atoms with Crippen molar-refractivity contribution in [3.8, 4) is 0 Å². The van der Waals surface area contributed by atoms with Gasteiger partial charge in [-0.05, 0) is 22.4 Å². The Balaban J connectivity index is 2.29. The number of nitro groups is 1. The number of hydrogen-bond donors (Lipinski definition) is 1. The van der Waals surface area contributed by atoms with Crippen molar-refractivity contribution in [1.82, 2.24) is 4.98 Å². The van der Waals surface area contributed by atoms with Crippen LogP contribution in [0.25, 0.3) is 0 Å². The van der Waals surface area contributed by atoms with E-state index in [0.29, 0.717) is 24.0 Å². The Kier molecular flexibility index (Phi) is 3.46. The van der Waals surface area contributed by atoms with Crippen LogP contribution in [0.1, 0.15) is 6.42 Å². The highest BCUT2D eigenvalue weighted by Gasteiger charge is 2.31. The lowest BCUT2D eigenvalue weighted by Crippen LogP contribution is -2.28. The molecule has 96 valence electrons. The molecule has 8 heteroatoms. The number of hydrogen-bond acceptors (Lipinski definition) is 5. The summed E-state index contributed by atoms with van der Waals surface area (Å²) in [6.07, 6.45) is 2.10. The quantitative estimate of drug-likeness (QED) is 0.664. The van der Waals surface area contributed by atoms with Crippen LogP contribution in [0.3, 0.4) is 0 Å². The Labute approximate surface area is 111 Å². The molecule has 1 fully saturated rings. The zero-order valence-electron chi connectivity index (χ0n) is 9.38. The van der Waals surface area contributed by atoms with Crippen LogP contribution in [-0.4, -0.2) is 28.9 Å². The van der Waals surface area contributed by atoms with Crippen LogP contribution in [0, 0.1) is 16.0 Å². The molecule has 2 rings (SSSR count). The topological polar surface area (TPSA) is 102 Å². The maximum Gasteiger partial charge on any atom is 0.312 e. The first-order valence-corrected chi connectivity index (χ1v) is 6.12. The highest BCUT2D eigenvalue weighted by Crippen LogP contribution is 2.31. The third kappa shape index (κ3) is 2.42. The number of nitrogens with two attached hydrogens (primary N) is 1. The molecule has 7 nitrogen and oxygen atoms in total. The van der Waals surface area contributed by atoms with E-state index in [4.69, 9.17) is 5.73 Å². The Morgan fingerprint density at radius 1 is 1.67 bits per heavy atom. The number of halogens is 1. The summed E-state index contributed by atoms with van der Waals surface area (Å²) in [6, 6.07) is 1.40. The van der Waals surface area contributed by atoms with E-state index in [-0.39, 0.29) is 23.3 Å². The molecule has 0 aromatic carbocycles. The highest BCUT2D eigenvalue weighted by molar-refractivity contribution is 9.10. The molecule has 1 aliphatic rings. The van der Waals surface area contributed by atoms with E-state index in [1.807, 2.05) is 0 Å². The number of rotatable bonds is 3. The van der Waals surface area contributed by atoms with Crippen molar-refractivity contribution in [1.29, 1.82) is 0 Å². The number of primary amides is 1.